The van der Waals surface area contributed by atoms with Crippen molar-refractivity contribution in [2.45, 2.75) is 63.7 Å². The predicted octanol–water partition coefficient (Wildman–Crippen LogP) is -0.909. The van der Waals surface area contributed by atoms with Crippen LogP contribution in [0.3, 0.4) is 0 Å². The molecule has 13 nitrogen and oxygen atoms in total. The Labute approximate surface area is 207 Å². The lowest BCUT2D eigenvalue weighted by Gasteiger charge is -2.25. The van der Waals surface area contributed by atoms with Crippen molar-refractivity contribution in [3.05, 3.63) is 35.9 Å². The lowest BCUT2D eigenvalue weighted by molar-refractivity contribution is -0.144. The van der Waals surface area contributed by atoms with E-state index in [4.69, 9.17) is 10.8 Å². The van der Waals surface area contributed by atoms with Gasteiger partial charge in [-0.2, -0.15) is 0 Å². The van der Waals surface area contributed by atoms with Crippen LogP contribution in [0.2, 0.25) is 0 Å². The predicted molar refractivity (Wildman–Crippen MR) is 126 cm³/mol. The van der Waals surface area contributed by atoms with Crippen LogP contribution in [0.5, 0.6) is 0 Å². The highest BCUT2D eigenvalue weighted by Crippen LogP contribution is 2.08. The molecule has 0 aliphatic carbocycles. The minimum absolute atomic E-state index is 0.0469. The number of carbonyl (C=O) groups excluding carboxylic acids is 3. The van der Waals surface area contributed by atoms with E-state index in [0.29, 0.717) is 5.56 Å². The van der Waals surface area contributed by atoms with E-state index >= 15 is 0 Å². The van der Waals surface area contributed by atoms with Gasteiger partial charge in [0.2, 0.25) is 17.7 Å². The summed E-state index contributed by atoms with van der Waals surface area (Å²) in [6.45, 7) is 3.19. The first-order chi connectivity index (χ1) is 16.8. The van der Waals surface area contributed by atoms with Crippen molar-refractivity contribution in [1.82, 2.24) is 16.0 Å². The molecule has 0 aliphatic heterocycles. The average molecular weight is 509 g/mol. The molecule has 0 saturated carbocycles. The third-order valence-corrected chi connectivity index (χ3v) is 5.16. The second-order valence-electron chi connectivity index (χ2n) is 8.52. The second kappa shape index (κ2) is 14.4. The average Bonchev–Trinajstić information content (AvgIpc) is 2.79. The number of carboxylic acids is 3. The normalized spacial score (nSPS) is 14.1. The van der Waals surface area contributed by atoms with Gasteiger partial charge in [-0.05, 0) is 17.9 Å². The van der Waals surface area contributed by atoms with Crippen molar-refractivity contribution < 1.29 is 44.1 Å². The third-order valence-electron chi connectivity index (χ3n) is 5.16. The van der Waals surface area contributed by atoms with Crippen molar-refractivity contribution in [3.8, 4) is 0 Å². The van der Waals surface area contributed by atoms with Crippen molar-refractivity contribution >= 4 is 35.6 Å². The highest BCUT2D eigenvalue weighted by molar-refractivity contribution is 5.95. The van der Waals surface area contributed by atoms with Gasteiger partial charge >= 0.3 is 17.9 Å². The number of aliphatic carboxylic acids is 3. The van der Waals surface area contributed by atoms with Gasteiger partial charge in [0.25, 0.3) is 0 Å². The number of nitrogens with one attached hydrogen (secondary N) is 3. The molecule has 4 atom stereocenters. The van der Waals surface area contributed by atoms with Crippen LogP contribution in [0.1, 0.15) is 38.7 Å². The Balaban J connectivity index is 3.10. The monoisotopic (exact) mass is 508 g/mol. The fourth-order valence-electron chi connectivity index (χ4n) is 3.17. The number of amides is 3. The summed E-state index contributed by atoms with van der Waals surface area (Å²) in [4.78, 5) is 71.7. The van der Waals surface area contributed by atoms with Crippen molar-refractivity contribution in [1.29, 1.82) is 0 Å². The van der Waals surface area contributed by atoms with E-state index in [0.717, 1.165) is 0 Å². The van der Waals surface area contributed by atoms with E-state index in [1.54, 1.807) is 44.2 Å². The minimum atomic E-state index is -1.63. The van der Waals surface area contributed by atoms with Crippen LogP contribution in [-0.2, 0) is 35.2 Å². The fraction of sp³-hybridized carbons (Fsp3) is 0.478. The summed E-state index contributed by atoms with van der Waals surface area (Å²) in [5, 5.41) is 34.3. The molecule has 0 bridgehead atoms. The van der Waals surface area contributed by atoms with Crippen LogP contribution in [0.15, 0.2) is 30.3 Å². The highest BCUT2D eigenvalue weighted by atomic mass is 16.4. The molecule has 0 fully saturated rings. The van der Waals surface area contributed by atoms with Gasteiger partial charge in [-0.1, -0.05) is 44.2 Å². The summed E-state index contributed by atoms with van der Waals surface area (Å²) in [5.41, 5.74) is 6.26. The first kappa shape index (κ1) is 30.0. The van der Waals surface area contributed by atoms with E-state index in [9.17, 15) is 39.0 Å². The SMILES string of the molecule is CC(C)C(NC(=O)C(Cc1ccccc1)NC(=O)C(CC(=O)O)NC(=O)C(N)CCC(=O)O)C(=O)O. The molecule has 1 aromatic rings. The summed E-state index contributed by atoms with van der Waals surface area (Å²) < 4.78 is 0. The summed E-state index contributed by atoms with van der Waals surface area (Å²) >= 11 is 0. The highest BCUT2D eigenvalue weighted by Gasteiger charge is 2.32. The number of hydrogen-bond acceptors (Lipinski definition) is 7. The maximum Gasteiger partial charge on any atom is 0.326 e. The molecule has 36 heavy (non-hydrogen) atoms. The second-order valence-corrected chi connectivity index (χ2v) is 8.52. The molecule has 4 unspecified atom stereocenters. The maximum absolute atomic E-state index is 13.0. The molecule has 0 aromatic heterocycles. The van der Waals surface area contributed by atoms with Crippen molar-refractivity contribution in [2.75, 3.05) is 0 Å². The minimum Gasteiger partial charge on any atom is -0.481 e. The molecular formula is C23H32N4O9. The van der Waals surface area contributed by atoms with Gasteiger partial charge in [-0.15, -0.1) is 0 Å². The Kier molecular flexibility index (Phi) is 12.0. The molecule has 1 rings (SSSR count). The van der Waals surface area contributed by atoms with Crippen molar-refractivity contribution in [2.24, 2.45) is 11.7 Å². The molecule has 0 spiro atoms. The van der Waals surface area contributed by atoms with Gasteiger partial charge in [0.1, 0.15) is 18.1 Å². The number of nitrogens with two attached hydrogens (primary N) is 1. The van der Waals surface area contributed by atoms with E-state index in [-0.39, 0.29) is 12.8 Å². The molecule has 13 heteroatoms. The molecule has 8 N–H and O–H groups in total. The van der Waals surface area contributed by atoms with Gasteiger partial charge in [0, 0.05) is 12.8 Å². The van der Waals surface area contributed by atoms with Crippen LogP contribution >= 0.6 is 0 Å². The van der Waals surface area contributed by atoms with E-state index < -0.39 is 78.6 Å². The molecule has 1 aromatic carbocycles. The topological polar surface area (TPSA) is 225 Å². The summed E-state index contributed by atoms with van der Waals surface area (Å²) in [6.07, 6.45) is -1.54. The van der Waals surface area contributed by atoms with Gasteiger partial charge in [0.05, 0.1) is 12.5 Å². The zero-order valence-corrected chi connectivity index (χ0v) is 20.0. The van der Waals surface area contributed by atoms with Crippen LogP contribution in [0.25, 0.3) is 0 Å². The van der Waals surface area contributed by atoms with Gasteiger partial charge in [0.15, 0.2) is 0 Å². The number of carbonyl (C=O) groups is 6. The zero-order chi connectivity index (χ0) is 27.4. The van der Waals surface area contributed by atoms with Gasteiger partial charge in [-0.25, -0.2) is 4.79 Å². The van der Waals surface area contributed by atoms with Crippen LogP contribution < -0.4 is 21.7 Å². The standard InChI is InChI=1S/C23H32N4O9/c1-12(2)19(23(35)36)27-22(34)15(10-13-6-4-3-5-7-13)26-21(33)16(11-18(30)31)25-20(32)14(24)8-9-17(28)29/h3-7,12,14-16,19H,8-11,24H2,1-2H3,(H,25,32)(H,26,33)(H,27,34)(H,28,29)(H,30,31)(H,35,36). The Morgan fingerprint density at radius 2 is 1.36 bits per heavy atom. The molecule has 0 heterocycles. The molecule has 0 aliphatic rings. The lowest BCUT2D eigenvalue weighted by Crippen LogP contribution is -2.58. The molecule has 198 valence electrons. The van der Waals surface area contributed by atoms with E-state index in [2.05, 4.69) is 16.0 Å². The Morgan fingerprint density at radius 3 is 1.86 bits per heavy atom. The quantitative estimate of drug-likeness (QED) is 0.154. The van der Waals surface area contributed by atoms with Crippen LogP contribution in [0.4, 0.5) is 0 Å². The Morgan fingerprint density at radius 1 is 0.806 bits per heavy atom. The Bertz CT molecular complexity index is 952. The molecule has 0 radical (unpaired) electrons. The van der Waals surface area contributed by atoms with Crippen molar-refractivity contribution in [3.63, 3.8) is 0 Å². The number of carboxylic acid groups (broad SMARTS) is 3. The third kappa shape index (κ3) is 10.5. The van der Waals surface area contributed by atoms with Crippen LogP contribution in [-0.4, -0.2) is 75.1 Å². The molecular weight excluding hydrogens is 476 g/mol. The molecule has 0 saturated heterocycles. The van der Waals surface area contributed by atoms with Crippen LogP contribution in [0, 0.1) is 5.92 Å². The summed E-state index contributed by atoms with van der Waals surface area (Å²) in [5.74, 6) is -7.11. The number of rotatable bonds is 15. The maximum atomic E-state index is 13.0. The smallest absolute Gasteiger partial charge is 0.326 e. The first-order valence-corrected chi connectivity index (χ1v) is 11.2. The largest absolute Gasteiger partial charge is 0.481 e. The van der Waals surface area contributed by atoms with E-state index in [1.807, 2.05) is 0 Å². The summed E-state index contributed by atoms with van der Waals surface area (Å²) in [7, 11) is 0. The Hall–Kier alpha value is -4.00. The lowest BCUT2D eigenvalue weighted by atomic mass is 10.0. The molecule has 3 amide bonds. The van der Waals surface area contributed by atoms with Gasteiger partial charge in [-0.3, -0.25) is 24.0 Å². The number of hydrogen-bond donors (Lipinski definition) is 7. The summed E-state index contributed by atoms with van der Waals surface area (Å²) in [6, 6.07) is 3.03. The van der Waals surface area contributed by atoms with E-state index in [1.165, 1.54) is 0 Å². The first-order valence-electron chi connectivity index (χ1n) is 11.2. The number of benzene rings is 1. The fourth-order valence-corrected chi connectivity index (χ4v) is 3.17. The zero-order valence-electron chi connectivity index (χ0n) is 20.0. The van der Waals surface area contributed by atoms with Gasteiger partial charge < -0.3 is 37.0 Å².